The van der Waals surface area contributed by atoms with Crippen molar-refractivity contribution in [2.45, 2.75) is 37.6 Å². The Morgan fingerprint density at radius 2 is 2.05 bits per heavy atom. The summed E-state index contributed by atoms with van der Waals surface area (Å²) in [5, 5.41) is 0.538. The second kappa shape index (κ2) is 7.22. The minimum absolute atomic E-state index is 0.144. The molecule has 2 aliphatic rings. The molecule has 2 saturated heterocycles. The van der Waals surface area contributed by atoms with E-state index in [0.29, 0.717) is 18.2 Å². The highest BCUT2D eigenvalue weighted by Gasteiger charge is 2.42. The molecule has 0 aliphatic carbocycles. The number of nitrogens with zero attached hydrogens (tertiary/aromatic N) is 2. The largest absolute Gasteiger partial charge is 0.393 e. The fourth-order valence-electron chi connectivity index (χ4n) is 2.93. The van der Waals surface area contributed by atoms with Gasteiger partial charge in [0.15, 0.2) is 0 Å². The minimum Gasteiger partial charge on any atom is -0.341 e. The summed E-state index contributed by atoms with van der Waals surface area (Å²) in [7, 11) is 0. The van der Waals surface area contributed by atoms with Gasteiger partial charge < -0.3 is 4.90 Å². The van der Waals surface area contributed by atoms with Gasteiger partial charge in [-0.25, -0.2) is 0 Å². The van der Waals surface area contributed by atoms with Crippen LogP contribution in [0.3, 0.4) is 0 Å². The van der Waals surface area contributed by atoms with E-state index in [0.717, 1.165) is 25.3 Å². The molecule has 3 nitrogen and oxygen atoms in total. The van der Waals surface area contributed by atoms with Gasteiger partial charge in [0.2, 0.25) is 5.91 Å². The lowest BCUT2D eigenvalue weighted by Gasteiger charge is -2.36. The van der Waals surface area contributed by atoms with Crippen molar-refractivity contribution in [1.29, 1.82) is 0 Å². The first-order valence-electron chi connectivity index (χ1n) is 7.58. The number of likely N-dealkylation sites (tertiary alicyclic amines) is 1. The van der Waals surface area contributed by atoms with E-state index in [4.69, 9.17) is 0 Å². The third kappa shape index (κ3) is 4.77. The van der Waals surface area contributed by atoms with Gasteiger partial charge in [0.25, 0.3) is 0 Å². The molecule has 7 heteroatoms. The summed E-state index contributed by atoms with van der Waals surface area (Å²) in [6.45, 7) is 4.41. The van der Waals surface area contributed by atoms with Gasteiger partial charge >= 0.3 is 6.18 Å². The number of amides is 1. The first kappa shape index (κ1) is 16.9. The van der Waals surface area contributed by atoms with Crippen molar-refractivity contribution < 1.29 is 18.0 Å². The van der Waals surface area contributed by atoms with E-state index >= 15 is 0 Å². The van der Waals surface area contributed by atoms with E-state index in [1.165, 1.54) is 4.90 Å². The Labute approximate surface area is 128 Å². The number of hydrogen-bond acceptors (Lipinski definition) is 3. The van der Waals surface area contributed by atoms with Crippen LogP contribution >= 0.6 is 11.8 Å². The Balaban J connectivity index is 1.85. The van der Waals surface area contributed by atoms with E-state index in [1.807, 2.05) is 11.8 Å². The van der Waals surface area contributed by atoms with Crippen molar-refractivity contribution in [1.82, 2.24) is 9.80 Å². The quantitative estimate of drug-likeness (QED) is 0.797. The van der Waals surface area contributed by atoms with Gasteiger partial charge in [0.05, 0.1) is 12.5 Å². The van der Waals surface area contributed by atoms with Crippen LogP contribution in [-0.4, -0.2) is 65.6 Å². The lowest BCUT2D eigenvalue weighted by molar-refractivity contribution is -0.188. The molecule has 0 aromatic carbocycles. The predicted molar refractivity (Wildman–Crippen MR) is 78.3 cm³/mol. The SMILES string of the molecule is CC[C@H]1CN(CC(=O)N2CCC[C@@H](C(F)(F)F)C2)CCS1. The summed E-state index contributed by atoms with van der Waals surface area (Å²) >= 11 is 1.92. The lowest BCUT2D eigenvalue weighted by Crippen LogP contribution is -2.49. The summed E-state index contributed by atoms with van der Waals surface area (Å²) in [6.07, 6.45) is -2.53. The number of alkyl halides is 3. The molecule has 0 radical (unpaired) electrons. The number of thioether (sulfide) groups is 1. The zero-order valence-corrected chi connectivity index (χ0v) is 13.2. The molecule has 0 spiro atoms. The van der Waals surface area contributed by atoms with Crippen LogP contribution in [0.1, 0.15) is 26.2 Å². The van der Waals surface area contributed by atoms with Gasteiger partial charge in [-0.1, -0.05) is 6.92 Å². The van der Waals surface area contributed by atoms with Gasteiger partial charge in [-0.15, -0.1) is 0 Å². The third-order valence-electron chi connectivity index (χ3n) is 4.27. The number of hydrogen-bond donors (Lipinski definition) is 0. The van der Waals surface area contributed by atoms with Crippen molar-refractivity contribution in [2.75, 3.05) is 38.5 Å². The van der Waals surface area contributed by atoms with Gasteiger partial charge in [0.1, 0.15) is 0 Å². The van der Waals surface area contributed by atoms with Crippen LogP contribution in [0, 0.1) is 5.92 Å². The molecular formula is C14H23F3N2OS. The number of carbonyl (C=O) groups is 1. The number of piperidine rings is 1. The van der Waals surface area contributed by atoms with Gasteiger partial charge in [-0.2, -0.15) is 24.9 Å². The van der Waals surface area contributed by atoms with E-state index in [1.54, 1.807) is 0 Å². The van der Waals surface area contributed by atoms with Crippen molar-refractivity contribution >= 4 is 17.7 Å². The van der Waals surface area contributed by atoms with Gasteiger partial charge in [0, 0.05) is 37.2 Å². The van der Waals surface area contributed by atoms with Crippen molar-refractivity contribution in [2.24, 2.45) is 5.92 Å². The summed E-state index contributed by atoms with van der Waals surface area (Å²) in [5.41, 5.74) is 0. The Morgan fingerprint density at radius 3 is 2.71 bits per heavy atom. The smallest absolute Gasteiger partial charge is 0.341 e. The van der Waals surface area contributed by atoms with Crippen LogP contribution in [0.2, 0.25) is 0 Å². The highest BCUT2D eigenvalue weighted by Crippen LogP contribution is 2.33. The number of carbonyl (C=O) groups excluding carboxylic acids is 1. The standard InChI is InChI=1S/C14H23F3N2OS/c1-2-12-9-18(6-7-21-12)10-13(20)19-5-3-4-11(8-19)14(15,16)17/h11-12H,2-10H2,1H3/t11-,12+/m1/s1. The molecule has 21 heavy (non-hydrogen) atoms. The molecule has 0 unspecified atom stereocenters. The van der Waals surface area contributed by atoms with Crippen LogP contribution < -0.4 is 0 Å². The molecular weight excluding hydrogens is 301 g/mol. The first-order valence-corrected chi connectivity index (χ1v) is 8.63. The molecule has 0 aromatic heterocycles. The molecule has 1 amide bonds. The predicted octanol–water partition coefficient (Wildman–Crippen LogP) is 2.61. The first-order chi connectivity index (χ1) is 9.90. The Hall–Kier alpha value is -0.430. The van der Waals surface area contributed by atoms with Gasteiger partial charge in [-0.05, 0) is 19.3 Å². The molecule has 0 saturated carbocycles. The van der Waals surface area contributed by atoms with Crippen molar-refractivity contribution in [3.05, 3.63) is 0 Å². The maximum absolute atomic E-state index is 12.8. The van der Waals surface area contributed by atoms with Gasteiger partial charge in [-0.3, -0.25) is 9.69 Å². The summed E-state index contributed by atoms with van der Waals surface area (Å²) in [5.74, 6) is -0.502. The Morgan fingerprint density at radius 1 is 1.29 bits per heavy atom. The second-order valence-corrected chi connectivity index (χ2v) is 7.26. The molecule has 2 heterocycles. The maximum atomic E-state index is 12.8. The number of rotatable bonds is 3. The lowest BCUT2D eigenvalue weighted by atomic mass is 9.97. The van der Waals surface area contributed by atoms with E-state index in [2.05, 4.69) is 11.8 Å². The minimum atomic E-state index is -4.19. The van der Waals surface area contributed by atoms with Crippen LogP contribution in [0.4, 0.5) is 13.2 Å². The van der Waals surface area contributed by atoms with Crippen LogP contribution in [0.15, 0.2) is 0 Å². The average molecular weight is 324 g/mol. The molecule has 0 N–H and O–H groups in total. The molecule has 0 aromatic rings. The molecule has 2 aliphatic heterocycles. The Kier molecular flexibility index (Phi) is 5.82. The molecule has 2 rings (SSSR count). The van der Waals surface area contributed by atoms with E-state index in [9.17, 15) is 18.0 Å². The fourth-order valence-corrected chi connectivity index (χ4v) is 4.18. The van der Waals surface area contributed by atoms with Crippen LogP contribution in [0.5, 0.6) is 0 Å². The van der Waals surface area contributed by atoms with Crippen molar-refractivity contribution in [3.63, 3.8) is 0 Å². The third-order valence-corrected chi connectivity index (χ3v) is 5.65. The summed E-state index contributed by atoms with van der Waals surface area (Å²) in [4.78, 5) is 15.7. The second-order valence-electron chi connectivity index (χ2n) is 5.86. The molecule has 0 bridgehead atoms. The topological polar surface area (TPSA) is 23.6 Å². The monoisotopic (exact) mass is 324 g/mol. The normalized spacial score (nSPS) is 28.7. The molecule has 2 fully saturated rings. The summed E-state index contributed by atoms with van der Waals surface area (Å²) < 4.78 is 38.3. The van der Waals surface area contributed by atoms with Crippen LogP contribution in [-0.2, 0) is 4.79 Å². The highest BCUT2D eigenvalue weighted by atomic mass is 32.2. The summed E-state index contributed by atoms with van der Waals surface area (Å²) in [6, 6.07) is 0. The van der Waals surface area contributed by atoms with E-state index < -0.39 is 12.1 Å². The zero-order chi connectivity index (χ0) is 15.5. The zero-order valence-electron chi connectivity index (χ0n) is 12.4. The van der Waals surface area contributed by atoms with Crippen LogP contribution in [0.25, 0.3) is 0 Å². The fraction of sp³-hybridized carbons (Fsp3) is 0.929. The highest BCUT2D eigenvalue weighted by molar-refractivity contribution is 8.00. The number of halogens is 3. The van der Waals surface area contributed by atoms with E-state index in [-0.39, 0.29) is 25.4 Å². The van der Waals surface area contributed by atoms with Crippen molar-refractivity contribution in [3.8, 4) is 0 Å². The average Bonchev–Trinajstić information content (AvgIpc) is 2.46. The Bertz CT molecular complexity index is 365. The molecule has 122 valence electrons. The molecule has 2 atom stereocenters. The maximum Gasteiger partial charge on any atom is 0.393 e.